The molecule has 0 saturated carbocycles. The molecule has 3 N–H and O–H groups in total. The first kappa shape index (κ1) is 7.36. The summed E-state index contributed by atoms with van der Waals surface area (Å²) in [6, 6.07) is 0. The molecular formula is C4H7F2NO. The van der Waals surface area contributed by atoms with Crippen LogP contribution >= 0.6 is 0 Å². The van der Waals surface area contributed by atoms with Gasteiger partial charge in [-0.2, -0.15) is 8.78 Å². The molecule has 2 nitrogen and oxygen atoms in total. The largest absolute Gasteiger partial charge is 0.507 e. The van der Waals surface area contributed by atoms with E-state index in [1.165, 1.54) is 0 Å². The summed E-state index contributed by atoms with van der Waals surface area (Å²) in [7, 11) is 0. The van der Waals surface area contributed by atoms with Gasteiger partial charge in [0, 0.05) is 0 Å². The van der Waals surface area contributed by atoms with Crippen LogP contribution < -0.4 is 5.73 Å². The van der Waals surface area contributed by atoms with E-state index < -0.39 is 18.2 Å². The summed E-state index contributed by atoms with van der Waals surface area (Å²) in [5, 5.41) is 8.06. The molecule has 0 aromatic rings. The van der Waals surface area contributed by atoms with Gasteiger partial charge < -0.3 is 10.8 Å². The van der Waals surface area contributed by atoms with Gasteiger partial charge in [0.1, 0.15) is 0 Å². The van der Waals surface area contributed by atoms with Crippen molar-refractivity contribution in [3.63, 3.8) is 0 Å². The lowest BCUT2D eigenvalue weighted by atomic mass is 10.3. The van der Waals surface area contributed by atoms with Crippen LogP contribution in [0.25, 0.3) is 0 Å². The Bertz CT molecular complexity index is 102. The van der Waals surface area contributed by atoms with Crippen molar-refractivity contribution >= 4 is 0 Å². The van der Waals surface area contributed by atoms with E-state index in [1.54, 1.807) is 0 Å². The Morgan fingerprint density at radius 2 is 2.12 bits per heavy atom. The van der Waals surface area contributed by atoms with Crippen LogP contribution in [0.5, 0.6) is 0 Å². The molecule has 0 aliphatic heterocycles. The zero-order valence-corrected chi connectivity index (χ0v) is 4.19. The fourth-order valence-corrected chi connectivity index (χ4v) is 0.118. The summed E-state index contributed by atoms with van der Waals surface area (Å²) in [6.07, 6.45) is 0. The number of rotatable bonds is 2. The van der Waals surface area contributed by atoms with Crippen molar-refractivity contribution in [2.75, 3.05) is 6.54 Å². The quantitative estimate of drug-likeness (QED) is 0.529. The maximum atomic E-state index is 11.8. The Hall–Kier alpha value is -0.640. The number of hydrogen-bond acceptors (Lipinski definition) is 2. The van der Waals surface area contributed by atoms with Gasteiger partial charge in [0.25, 0.3) is 0 Å². The molecule has 0 heterocycles. The third kappa shape index (κ3) is 1.46. The molecule has 0 amide bonds. The van der Waals surface area contributed by atoms with Crippen LogP contribution in [-0.2, 0) is 0 Å². The highest BCUT2D eigenvalue weighted by molar-refractivity contribution is 4.96. The first-order valence-electron chi connectivity index (χ1n) is 1.97. The molecule has 0 saturated heterocycles. The maximum Gasteiger partial charge on any atom is 0.315 e. The second kappa shape index (κ2) is 2.09. The minimum absolute atomic E-state index is 0.900. The van der Waals surface area contributed by atoms with Crippen LogP contribution in [0.4, 0.5) is 8.78 Å². The van der Waals surface area contributed by atoms with Crippen LogP contribution in [-0.4, -0.2) is 17.6 Å². The van der Waals surface area contributed by atoms with E-state index in [4.69, 9.17) is 5.11 Å². The molecule has 0 aliphatic carbocycles. The normalized spacial score (nSPS) is 11.4. The highest BCUT2D eigenvalue weighted by Gasteiger charge is 2.30. The van der Waals surface area contributed by atoms with E-state index in [0.717, 1.165) is 0 Å². The molecule has 4 heteroatoms. The molecule has 0 aromatic carbocycles. The molecule has 0 unspecified atom stereocenters. The van der Waals surface area contributed by atoms with Gasteiger partial charge in [0.15, 0.2) is 5.76 Å². The Kier molecular flexibility index (Phi) is 1.92. The van der Waals surface area contributed by atoms with Gasteiger partial charge >= 0.3 is 5.92 Å². The molecule has 0 fully saturated rings. The van der Waals surface area contributed by atoms with E-state index >= 15 is 0 Å². The zero-order chi connectivity index (χ0) is 6.78. The fourth-order valence-electron chi connectivity index (χ4n) is 0.118. The Morgan fingerprint density at radius 3 is 2.12 bits per heavy atom. The summed E-state index contributed by atoms with van der Waals surface area (Å²) >= 11 is 0. The van der Waals surface area contributed by atoms with Gasteiger partial charge in [-0.1, -0.05) is 6.58 Å². The number of aliphatic hydroxyl groups is 1. The summed E-state index contributed by atoms with van der Waals surface area (Å²) in [5.41, 5.74) is 4.54. The van der Waals surface area contributed by atoms with Crippen LogP contribution in [0.15, 0.2) is 12.3 Å². The van der Waals surface area contributed by atoms with Gasteiger partial charge in [-0.05, 0) is 0 Å². The lowest BCUT2D eigenvalue weighted by molar-refractivity contribution is 0.00968. The van der Waals surface area contributed by atoms with Gasteiger partial charge in [-0.15, -0.1) is 0 Å². The third-order valence-corrected chi connectivity index (χ3v) is 0.679. The minimum atomic E-state index is -3.32. The maximum absolute atomic E-state index is 11.8. The molecule has 0 aromatic heterocycles. The molecule has 48 valence electrons. The van der Waals surface area contributed by atoms with Gasteiger partial charge in [0.05, 0.1) is 6.54 Å². The van der Waals surface area contributed by atoms with Gasteiger partial charge in [0.2, 0.25) is 0 Å². The van der Waals surface area contributed by atoms with Crippen molar-refractivity contribution in [3.8, 4) is 0 Å². The Labute approximate surface area is 45.6 Å². The summed E-state index contributed by atoms with van der Waals surface area (Å²) in [5.74, 6) is -4.50. The van der Waals surface area contributed by atoms with Crippen molar-refractivity contribution in [2.24, 2.45) is 5.73 Å². The van der Waals surface area contributed by atoms with Crippen LogP contribution in [0, 0.1) is 0 Å². The van der Waals surface area contributed by atoms with Crippen molar-refractivity contribution in [1.82, 2.24) is 0 Å². The van der Waals surface area contributed by atoms with Crippen molar-refractivity contribution in [1.29, 1.82) is 0 Å². The van der Waals surface area contributed by atoms with Crippen molar-refractivity contribution in [2.45, 2.75) is 5.92 Å². The summed E-state index contributed by atoms with van der Waals surface area (Å²) < 4.78 is 23.6. The van der Waals surface area contributed by atoms with Crippen molar-refractivity contribution < 1.29 is 13.9 Å². The fraction of sp³-hybridized carbons (Fsp3) is 0.500. The van der Waals surface area contributed by atoms with Gasteiger partial charge in [-0.3, -0.25) is 0 Å². The van der Waals surface area contributed by atoms with E-state index in [1.807, 2.05) is 0 Å². The molecule has 0 bridgehead atoms. The van der Waals surface area contributed by atoms with Crippen LogP contribution in [0.3, 0.4) is 0 Å². The minimum Gasteiger partial charge on any atom is -0.507 e. The number of nitrogens with two attached hydrogens (primary N) is 1. The lowest BCUT2D eigenvalue weighted by Gasteiger charge is -2.09. The first-order valence-corrected chi connectivity index (χ1v) is 1.97. The molecule has 0 radical (unpaired) electrons. The Balaban J connectivity index is 3.91. The van der Waals surface area contributed by atoms with Crippen LogP contribution in [0.1, 0.15) is 0 Å². The SMILES string of the molecule is C=C(O)C(F)(F)CN. The number of hydrogen-bond donors (Lipinski definition) is 2. The number of alkyl halides is 2. The summed E-state index contributed by atoms with van der Waals surface area (Å²) in [6.45, 7) is 1.72. The Morgan fingerprint density at radius 1 is 1.75 bits per heavy atom. The highest BCUT2D eigenvalue weighted by atomic mass is 19.3. The molecule has 0 atom stereocenters. The van der Waals surface area contributed by atoms with Crippen molar-refractivity contribution in [3.05, 3.63) is 12.3 Å². The predicted octanol–water partition coefficient (Wildman–Crippen LogP) is 0.652. The number of halogens is 2. The van der Waals surface area contributed by atoms with E-state index in [2.05, 4.69) is 12.3 Å². The van der Waals surface area contributed by atoms with E-state index in [0.29, 0.717) is 0 Å². The second-order valence-corrected chi connectivity index (χ2v) is 1.36. The number of aliphatic hydroxyl groups excluding tert-OH is 1. The smallest absolute Gasteiger partial charge is 0.315 e. The summed E-state index contributed by atoms with van der Waals surface area (Å²) in [4.78, 5) is 0. The standard InChI is InChI=1S/C4H7F2NO/c1-3(8)4(5,6)2-7/h8H,1-2,7H2. The molecular weight excluding hydrogens is 116 g/mol. The first-order chi connectivity index (χ1) is 3.50. The lowest BCUT2D eigenvalue weighted by Crippen LogP contribution is -2.29. The monoisotopic (exact) mass is 123 g/mol. The average molecular weight is 123 g/mol. The average Bonchev–Trinajstić information content (AvgIpc) is 1.67. The van der Waals surface area contributed by atoms with Crippen LogP contribution in [0.2, 0.25) is 0 Å². The predicted molar refractivity (Wildman–Crippen MR) is 25.8 cm³/mol. The second-order valence-electron chi connectivity index (χ2n) is 1.36. The molecule has 0 rings (SSSR count). The molecule has 0 aliphatic rings. The van der Waals surface area contributed by atoms with E-state index in [-0.39, 0.29) is 0 Å². The van der Waals surface area contributed by atoms with Gasteiger partial charge in [-0.25, -0.2) is 0 Å². The van der Waals surface area contributed by atoms with E-state index in [9.17, 15) is 8.78 Å². The molecule has 8 heavy (non-hydrogen) atoms. The molecule has 0 spiro atoms. The topological polar surface area (TPSA) is 46.2 Å². The third-order valence-electron chi connectivity index (χ3n) is 0.679. The highest BCUT2D eigenvalue weighted by Crippen LogP contribution is 2.17. The zero-order valence-electron chi connectivity index (χ0n) is 4.19.